The van der Waals surface area contributed by atoms with Gasteiger partial charge < -0.3 is 15.5 Å². The van der Waals surface area contributed by atoms with Gasteiger partial charge in [-0.3, -0.25) is 4.79 Å². The summed E-state index contributed by atoms with van der Waals surface area (Å²) in [5, 5.41) is 3.07. The Kier molecular flexibility index (Phi) is 4.21. The van der Waals surface area contributed by atoms with Crippen molar-refractivity contribution >= 4 is 22.4 Å². The fourth-order valence-electron chi connectivity index (χ4n) is 3.11. The van der Waals surface area contributed by atoms with Crippen LogP contribution in [0, 0.1) is 5.92 Å². The van der Waals surface area contributed by atoms with Gasteiger partial charge in [-0.1, -0.05) is 0 Å². The highest BCUT2D eigenvalue weighted by molar-refractivity contribution is 7.13. The molecule has 1 aromatic rings. The zero-order valence-corrected chi connectivity index (χ0v) is 12.5. The first-order chi connectivity index (χ1) is 9.74. The molecular formula is C14H22N4OS. The molecule has 0 atom stereocenters. The number of carbonyl (C=O) groups is 1. The van der Waals surface area contributed by atoms with Crippen molar-refractivity contribution in [2.75, 3.05) is 31.1 Å². The number of hydrogen-bond acceptors (Lipinski definition) is 5. The Morgan fingerprint density at radius 1 is 1.20 bits per heavy atom. The van der Waals surface area contributed by atoms with Crippen LogP contribution in [-0.4, -0.2) is 48.0 Å². The number of hydrogen-bond donors (Lipinski definition) is 1. The predicted octanol–water partition coefficient (Wildman–Crippen LogP) is 1.31. The average Bonchev–Trinajstić information content (AvgIpc) is 3.02. The molecule has 0 bridgehead atoms. The van der Waals surface area contributed by atoms with Crippen LogP contribution < -0.4 is 10.6 Å². The van der Waals surface area contributed by atoms with Crippen LogP contribution in [0.1, 0.15) is 25.7 Å². The quantitative estimate of drug-likeness (QED) is 0.893. The van der Waals surface area contributed by atoms with Gasteiger partial charge in [0, 0.05) is 49.7 Å². The Morgan fingerprint density at radius 2 is 1.90 bits per heavy atom. The molecule has 2 heterocycles. The molecule has 1 aliphatic heterocycles. The second-order valence-corrected chi connectivity index (χ2v) is 6.61. The molecule has 2 N–H and O–H groups in total. The number of thiazole rings is 1. The molecule has 1 saturated carbocycles. The van der Waals surface area contributed by atoms with Gasteiger partial charge in [-0.05, 0) is 25.7 Å². The van der Waals surface area contributed by atoms with Crippen LogP contribution in [0.3, 0.4) is 0 Å². The first kappa shape index (κ1) is 13.8. The minimum atomic E-state index is 0.209. The number of rotatable bonds is 2. The topological polar surface area (TPSA) is 62.5 Å². The Bertz CT molecular complexity index is 434. The molecule has 1 saturated heterocycles. The zero-order chi connectivity index (χ0) is 13.9. The van der Waals surface area contributed by atoms with Crippen LogP contribution in [0.25, 0.3) is 0 Å². The molecule has 2 fully saturated rings. The smallest absolute Gasteiger partial charge is 0.225 e. The summed E-state index contributed by atoms with van der Waals surface area (Å²) >= 11 is 1.66. The molecule has 5 nitrogen and oxygen atoms in total. The number of amides is 1. The molecule has 1 aromatic heterocycles. The normalized spacial score (nSPS) is 27.6. The molecule has 6 heteroatoms. The van der Waals surface area contributed by atoms with Crippen LogP contribution in [-0.2, 0) is 4.79 Å². The molecule has 0 aromatic carbocycles. The van der Waals surface area contributed by atoms with Gasteiger partial charge in [0.1, 0.15) is 0 Å². The van der Waals surface area contributed by atoms with Crippen molar-refractivity contribution in [3.63, 3.8) is 0 Å². The van der Waals surface area contributed by atoms with Gasteiger partial charge in [0.05, 0.1) is 0 Å². The molecule has 1 amide bonds. The maximum Gasteiger partial charge on any atom is 0.225 e. The second kappa shape index (κ2) is 6.10. The van der Waals surface area contributed by atoms with Crippen molar-refractivity contribution in [2.24, 2.45) is 11.7 Å². The lowest BCUT2D eigenvalue weighted by Crippen LogP contribution is -2.51. The van der Waals surface area contributed by atoms with E-state index >= 15 is 0 Å². The third-order valence-corrected chi connectivity index (χ3v) is 5.23. The third kappa shape index (κ3) is 2.96. The molecule has 110 valence electrons. The van der Waals surface area contributed by atoms with E-state index in [0.717, 1.165) is 57.0 Å². The fraction of sp³-hybridized carbons (Fsp3) is 0.714. The van der Waals surface area contributed by atoms with Gasteiger partial charge in [0.25, 0.3) is 0 Å². The largest absolute Gasteiger partial charge is 0.345 e. The number of carbonyl (C=O) groups excluding carboxylic acids is 1. The summed E-state index contributed by atoms with van der Waals surface area (Å²) in [6.07, 6.45) is 5.76. The van der Waals surface area contributed by atoms with E-state index in [-0.39, 0.29) is 5.92 Å². The van der Waals surface area contributed by atoms with E-state index in [9.17, 15) is 4.79 Å². The average molecular weight is 294 g/mol. The predicted molar refractivity (Wildman–Crippen MR) is 80.8 cm³/mol. The molecule has 0 unspecified atom stereocenters. The lowest BCUT2D eigenvalue weighted by molar-refractivity contribution is -0.136. The Labute approximate surface area is 123 Å². The van der Waals surface area contributed by atoms with Gasteiger partial charge in [-0.25, -0.2) is 4.98 Å². The Morgan fingerprint density at radius 3 is 2.50 bits per heavy atom. The van der Waals surface area contributed by atoms with Crippen LogP contribution in [0.4, 0.5) is 5.13 Å². The molecular weight excluding hydrogens is 272 g/mol. The molecule has 0 radical (unpaired) electrons. The van der Waals surface area contributed by atoms with E-state index in [4.69, 9.17) is 5.73 Å². The highest BCUT2D eigenvalue weighted by Gasteiger charge is 2.30. The maximum atomic E-state index is 12.5. The monoisotopic (exact) mass is 294 g/mol. The van der Waals surface area contributed by atoms with E-state index in [1.54, 1.807) is 11.3 Å². The fourth-order valence-corrected chi connectivity index (χ4v) is 3.81. The Balaban J connectivity index is 1.51. The van der Waals surface area contributed by atoms with E-state index in [2.05, 4.69) is 9.88 Å². The summed E-state index contributed by atoms with van der Waals surface area (Å²) in [6, 6.07) is 0.306. The minimum absolute atomic E-state index is 0.209. The van der Waals surface area contributed by atoms with Gasteiger partial charge in [-0.2, -0.15) is 0 Å². The third-order valence-electron chi connectivity index (χ3n) is 4.40. The SMILES string of the molecule is NC1CCC(C(=O)N2CCN(c3nccs3)CC2)CC1. The van der Waals surface area contributed by atoms with Crippen LogP contribution >= 0.6 is 11.3 Å². The van der Waals surface area contributed by atoms with Gasteiger partial charge >= 0.3 is 0 Å². The van der Waals surface area contributed by atoms with Crippen molar-refractivity contribution < 1.29 is 4.79 Å². The second-order valence-electron chi connectivity index (χ2n) is 5.74. The summed E-state index contributed by atoms with van der Waals surface area (Å²) in [5.41, 5.74) is 5.91. The van der Waals surface area contributed by atoms with E-state index in [0.29, 0.717) is 11.9 Å². The van der Waals surface area contributed by atoms with Gasteiger partial charge in [-0.15, -0.1) is 11.3 Å². The lowest BCUT2D eigenvalue weighted by Gasteiger charge is -2.37. The molecule has 1 aliphatic carbocycles. The molecule has 20 heavy (non-hydrogen) atoms. The van der Waals surface area contributed by atoms with Crippen molar-refractivity contribution in [3.05, 3.63) is 11.6 Å². The van der Waals surface area contributed by atoms with Gasteiger partial charge in [0.2, 0.25) is 5.91 Å². The highest BCUT2D eigenvalue weighted by atomic mass is 32.1. The summed E-state index contributed by atoms with van der Waals surface area (Å²) in [4.78, 5) is 21.1. The molecule has 2 aliphatic rings. The number of aromatic nitrogens is 1. The summed E-state index contributed by atoms with van der Waals surface area (Å²) in [6.45, 7) is 3.43. The lowest BCUT2D eigenvalue weighted by atomic mass is 9.85. The Hall–Kier alpha value is -1.14. The molecule has 0 spiro atoms. The maximum absolute atomic E-state index is 12.5. The van der Waals surface area contributed by atoms with Crippen molar-refractivity contribution in [1.29, 1.82) is 0 Å². The first-order valence-corrected chi connectivity index (χ1v) is 8.31. The zero-order valence-electron chi connectivity index (χ0n) is 11.7. The van der Waals surface area contributed by atoms with E-state index < -0.39 is 0 Å². The van der Waals surface area contributed by atoms with Crippen LogP contribution in [0.5, 0.6) is 0 Å². The summed E-state index contributed by atoms with van der Waals surface area (Å²) in [5.74, 6) is 0.553. The number of nitrogens with zero attached hydrogens (tertiary/aromatic N) is 3. The molecule has 3 rings (SSSR count). The first-order valence-electron chi connectivity index (χ1n) is 7.43. The standard InChI is InChI=1S/C14H22N4OS/c15-12-3-1-11(2-4-12)13(19)17-6-8-18(9-7-17)14-16-5-10-20-14/h5,10-12H,1-4,6-9,15H2. The summed E-state index contributed by atoms with van der Waals surface area (Å²) in [7, 11) is 0. The van der Waals surface area contributed by atoms with Crippen molar-refractivity contribution in [3.8, 4) is 0 Å². The number of nitrogens with two attached hydrogens (primary N) is 1. The summed E-state index contributed by atoms with van der Waals surface area (Å²) < 4.78 is 0. The van der Waals surface area contributed by atoms with Crippen molar-refractivity contribution in [1.82, 2.24) is 9.88 Å². The van der Waals surface area contributed by atoms with E-state index in [1.165, 1.54) is 0 Å². The number of anilines is 1. The van der Waals surface area contributed by atoms with Crippen LogP contribution in [0.15, 0.2) is 11.6 Å². The minimum Gasteiger partial charge on any atom is -0.345 e. The van der Waals surface area contributed by atoms with Gasteiger partial charge in [0.15, 0.2) is 5.13 Å². The highest BCUT2D eigenvalue weighted by Crippen LogP contribution is 2.26. The van der Waals surface area contributed by atoms with Crippen LogP contribution in [0.2, 0.25) is 0 Å². The number of piperazine rings is 1. The van der Waals surface area contributed by atoms with E-state index in [1.807, 2.05) is 16.5 Å². The van der Waals surface area contributed by atoms with Crippen molar-refractivity contribution in [2.45, 2.75) is 31.7 Å².